The van der Waals surface area contributed by atoms with Crippen LogP contribution in [0.4, 0.5) is 0 Å². The molecule has 0 fully saturated rings. The van der Waals surface area contributed by atoms with Crippen LogP contribution in [0.15, 0.2) is 0 Å². The van der Waals surface area contributed by atoms with Crippen molar-refractivity contribution in [1.29, 1.82) is 0 Å². The number of Topliss-reactive ketones (excluding diaryl/α,β-unsaturated/α-hetero) is 1. The third kappa shape index (κ3) is 6.35. The summed E-state index contributed by atoms with van der Waals surface area (Å²) in [5.41, 5.74) is 4.84. The van der Waals surface area contributed by atoms with Crippen molar-refractivity contribution < 1.29 is 9.59 Å². The van der Waals surface area contributed by atoms with Gasteiger partial charge >= 0.3 is 0 Å². The van der Waals surface area contributed by atoms with Crippen molar-refractivity contribution >= 4 is 11.7 Å². The molecule has 8 nitrogen and oxygen atoms in total. The molecular formula is C16H30N6O2. The van der Waals surface area contributed by atoms with Gasteiger partial charge < -0.3 is 11.1 Å². The number of unbranched alkanes of at least 4 members (excludes halogenated alkanes) is 2. The summed E-state index contributed by atoms with van der Waals surface area (Å²) in [6.07, 6.45) is 4.72. The Morgan fingerprint density at radius 3 is 2.54 bits per heavy atom. The number of nitrogens with one attached hydrogen (secondary N) is 1. The Morgan fingerprint density at radius 2 is 1.96 bits per heavy atom. The summed E-state index contributed by atoms with van der Waals surface area (Å²) in [5, 5.41) is 14.5. The second-order valence-corrected chi connectivity index (χ2v) is 6.66. The first-order valence-corrected chi connectivity index (χ1v) is 8.67. The van der Waals surface area contributed by atoms with Crippen LogP contribution in [-0.2, 0) is 16.1 Å². The van der Waals surface area contributed by atoms with E-state index in [0.29, 0.717) is 31.6 Å². The molecule has 0 aliphatic rings. The van der Waals surface area contributed by atoms with Gasteiger partial charge in [0.2, 0.25) is 5.91 Å². The van der Waals surface area contributed by atoms with Crippen LogP contribution in [0, 0.1) is 0 Å². The van der Waals surface area contributed by atoms with Crippen molar-refractivity contribution in [3.63, 3.8) is 0 Å². The number of aromatic nitrogens is 4. The van der Waals surface area contributed by atoms with Gasteiger partial charge in [0.15, 0.2) is 5.82 Å². The Bertz CT molecular complexity index is 535. The van der Waals surface area contributed by atoms with Gasteiger partial charge in [0.1, 0.15) is 5.78 Å². The Kier molecular flexibility index (Phi) is 7.97. The van der Waals surface area contributed by atoms with Crippen LogP contribution >= 0.6 is 0 Å². The second kappa shape index (κ2) is 9.46. The number of ketones is 1. The molecule has 1 rings (SSSR count). The van der Waals surface area contributed by atoms with Crippen molar-refractivity contribution in [2.75, 3.05) is 0 Å². The lowest BCUT2D eigenvalue weighted by molar-refractivity contribution is -0.126. The first-order chi connectivity index (χ1) is 11.3. The van der Waals surface area contributed by atoms with Crippen LogP contribution < -0.4 is 11.1 Å². The van der Waals surface area contributed by atoms with Crippen LogP contribution in [-0.4, -0.2) is 37.4 Å². The SMILES string of the molecule is CCCCCC(=O)CCn1nnnc1C(CC)NC(=O)C(C)(C)N. The van der Waals surface area contributed by atoms with Gasteiger partial charge in [-0.1, -0.05) is 26.7 Å². The summed E-state index contributed by atoms with van der Waals surface area (Å²) < 4.78 is 1.59. The minimum atomic E-state index is -0.971. The molecule has 136 valence electrons. The van der Waals surface area contributed by atoms with Crippen LogP contribution in [0.2, 0.25) is 0 Å². The largest absolute Gasteiger partial charge is 0.344 e. The highest BCUT2D eigenvalue weighted by Gasteiger charge is 2.27. The van der Waals surface area contributed by atoms with Gasteiger partial charge in [-0.2, -0.15) is 0 Å². The van der Waals surface area contributed by atoms with Gasteiger partial charge in [-0.15, -0.1) is 5.10 Å². The molecule has 1 atom stereocenters. The van der Waals surface area contributed by atoms with Gasteiger partial charge in [-0.05, 0) is 37.1 Å². The highest BCUT2D eigenvalue weighted by Crippen LogP contribution is 2.15. The number of carbonyl (C=O) groups is 2. The van der Waals surface area contributed by atoms with E-state index < -0.39 is 5.54 Å². The van der Waals surface area contributed by atoms with Gasteiger partial charge in [0.25, 0.3) is 0 Å². The van der Waals surface area contributed by atoms with Crippen LogP contribution in [0.25, 0.3) is 0 Å². The number of tetrazole rings is 1. The highest BCUT2D eigenvalue weighted by atomic mass is 16.2. The monoisotopic (exact) mass is 338 g/mol. The molecule has 24 heavy (non-hydrogen) atoms. The van der Waals surface area contributed by atoms with E-state index >= 15 is 0 Å². The van der Waals surface area contributed by atoms with Crippen molar-refractivity contribution in [2.45, 2.75) is 84.3 Å². The second-order valence-electron chi connectivity index (χ2n) is 6.66. The van der Waals surface area contributed by atoms with Gasteiger partial charge in [0, 0.05) is 12.8 Å². The molecule has 8 heteroatoms. The molecule has 0 saturated heterocycles. The molecule has 0 aromatic carbocycles. The lowest BCUT2D eigenvalue weighted by Crippen LogP contribution is -2.50. The summed E-state index contributed by atoms with van der Waals surface area (Å²) in [6.45, 7) is 7.76. The average molecular weight is 338 g/mol. The van der Waals surface area contributed by atoms with E-state index in [1.807, 2.05) is 6.92 Å². The summed E-state index contributed by atoms with van der Waals surface area (Å²) in [6, 6.07) is -0.328. The molecule has 0 radical (unpaired) electrons. The lowest BCUT2D eigenvalue weighted by atomic mass is 10.1. The first kappa shape index (κ1) is 20.2. The third-order valence-corrected chi connectivity index (χ3v) is 3.83. The number of hydrogen-bond donors (Lipinski definition) is 2. The van der Waals surface area contributed by atoms with E-state index in [9.17, 15) is 9.59 Å². The summed E-state index contributed by atoms with van der Waals surface area (Å²) >= 11 is 0. The van der Waals surface area contributed by atoms with E-state index in [4.69, 9.17) is 5.73 Å². The van der Waals surface area contributed by atoms with E-state index in [-0.39, 0.29) is 17.7 Å². The quantitative estimate of drug-likeness (QED) is 0.591. The lowest BCUT2D eigenvalue weighted by Gasteiger charge is -2.22. The number of hydrogen-bond acceptors (Lipinski definition) is 6. The van der Waals surface area contributed by atoms with E-state index in [0.717, 1.165) is 19.3 Å². The molecule has 1 aromatic heterocycles. The maximum absolute atomic E-state index is 12.1. The zero-order chi connectivity index (χ0) is 18.2. The number of amides is 1. The predicted molar refractivity (Wildman–Crippen MR) is 91.0 cm³/mol. The van der Waals surface area contributed by atoms with Gasteiger partial charge in [0.05, 0.1) is 18.1 Å². The van der Waals surface area contributed by atoms with Crippen LogP contribution in [0.1, 0.15) is 78.1 Å². The first-order valence-electron chi connectivity index (χ1n) is 8.67. The van der Waals surface area contributed by atoms with E-state index in [1.165, 1.54) is 0 Å². The number of aryl methyl sites for hydroxylation is 1. The zero-order valence-corrected chi connectivity index (χ0v) is 15.2. The summed E-state index contributed by atoms with van der Waals surface area (Å²) in [4.78, 5) is 24.0. The van der Waals surface area contributed by atoms with Crippen molar-refractivity contribution in [3.8, 4) is 0 Å². The molecular weight excluding hydrogens is 308 g/mol. The number of carbonyl (C=O) groups excluding carboxylic acids is 2. The van der Waals surface area contributed by atoms with Crippen molar-refractivity contribution in [1.82, 2.24) is 25.5 Å². The van der Waals surface area contributed by atoms with Gasteiger partial charge in [-0.3, -0.25) is 9.59 Å². The fourth-order valence-corrected chi connectivity index (χ4v) is 2.24. The summed E-state index contributed by atoms with van der Waals surface area (Å²) in [5.74, 6) is 0.501. The smallest absolute Gasteiger partial charge is 0.240 e. The highest BCUT2D eigenvalue weighted by molar-refractivity contribution is 5.85. The molecule has 1 unspecified atom stereocenters. The Morgan fingerprint density at radius 1 is 1.25 bits per heavy atom. The molecule has 0 spiro atoms. The molecule has 0 bridgehead atoms. The maximum atomic E-state index is 12.1. The normalized spacial score (nSPS) is 12.9. The summed E-state index contributed by atoms with van der Waals surface area (Å²) in [7, 11) is 0. The fourth-order valence-electron chi connectivity index (χ4n) is 2.24. The number of rotatable bonds is 11. The van der Waals surface area contributed by atoms with E-state index in [2.05, 4.69) is 27.8 Å². The maximum Gasteiger partial charge on any atom is 0.240 e. The minimum Gasteiger partial charge on any atom is -0.344 e. The van der Waals surface area contributed by atoms with Crippen LogP contribution in [0.3, 0.4) is 0 Å². The van der Waals surface area contributed by atoms with Crippen molar-refractivity contribution in [3.05, 3.63) is 5.82 Å². The molecule has 1 heterocycles. The molecule has 0 aliphatic carbocycles. The number of nitrogens with two attached hydrogens (primary N) is 1. The minimum absolute atomic E-state index is 0.213. The average Bonchev–Trinajstić information content (AvgIpc) is 2.98. The Labute approximate surface area is 143 Å². The molecule has 1 amide bonds. The predicted octanol–water partition coefficient (Wildman–Crippen LogP) is 1.52. The standard InChI is InChI=1S/C16H30N6O2/c1-5-7-8-9-12(23)10-11-22-14(19-20-21-22)13(6-2)18-15(24)16(3,4)17/h13H,5-11,17H2,1-4H3,(H,18,24). The van der Waals surface area contributed by atoms with Crippen LogP contribution in [0.5, 0.6) is 0 Å². The fraction of sp³-hybridized carbons (Fsp3) is 0.812. The topological polar surface area (TPSA) is 116 Å². The molecule has 0 aliphatic heterocycles. The Balaban J connectivity index is 2.65. The van der Waals surface area contributed by atoms with Gasteiger partial charge in [-0.25, -0.2) is 4.68 Å². The zero-order valence-electron chi connectivity index (χ0n) is 15.2. The molecule has 0 saturated carbocycles. The Hall–Kier alpha value is -1.83. The third-order valence-electron chi connectivity index (χ3n) is 3.83. The molecule has 3 N–H and O–H groups in total. The van der Waals surface area contributed by atoms with E-state index in [1.54, 1.807) is 18.5 Å². The number of nitrogens with zero attached hydrogens (tertiary/aromatic N) is 4. The molecule has 1 aromatic rings. The van der Waals surface area contributed by atoms with Crippen molar-refractivity contribution in [2.24, 2.45) is 5.73 Å².